The van der Waals surface area contributed by atoms with E-state index in [0.717, 1.165) is 39.1 Å². The van der Waals surface area contributed by atoms with Crippen LogP contribution >= 0.6 is 12.4 Å². The van der Waals surface area contributed by atoms with E-state index in [1.54, 1.807) is 12.1 Å². The molecular formula is C21H26ClFN2O2. The third-order valence-corrected chi connectivity index (χ3v) is 4.69. The average Bonchev–Trinajstić information content (AvgIpc) is 2.69. The molecule has 0 atom stereocenters. The van der Waals surface area contributed by atoms with Gasteiger partial charge < -0.3 is 9.64 Å². The van der Waals surface area contributed by atoms with Gasteiger partial charge in [-0.2, -0.15) is 0 Å². The molecule has 1 aliphatic heterocycles. The van der Waals surface area contributed by atoms with Crippen molar-refractivity contribution in [2.45, 2.75) is 12.8 Å². The van der Waals surface area contributed by atoms with Gasteiger partial charge in [-0.15, -0.1) is 12.4 Å². The molecular weight excluding hydrogens is 367 g/mol. The quantitative estimate of drug-likeness (QED) is 0.724. The molecule has 0 radical (unpaired) electrons. The van der Waals surface area contributed by atoms with Crippen molar-refractivity contribution in [3.8, 4) is 5.75 Å². The van der Waals surface area contributed by atoms with E-state index in [-0.39, 0.29) is 24.1 Å². The fourth-order valence-corrected chi connectivity index (χ4v) is 3.10. The Kier molecular flexibility index (Phi) is 8.55. The number of carbonyl (C=O) groups excluding carboxylic acids is 1. The van der Waals surface area contributed by atoms with Gasteiger partial charge in [0.2, 0.25) is 5.91 Å². The molecule has 0 saturated carbocycles. The Hall–Kier alpha value is -2.11. The maximum Gasteiger partial charge on any atom is 0.222 e. The number of carbonyl (C=O) groups is 1. The second-order valence-corrected chi connectivity index (χ2v) is 6.51. The van der Waals surface area contributed by atoms with Crippen LogP contribution in [0.5, 0.6) is 5.75 Å². The summed E-state index contributed by atoms with van der Waals surface area (Å²) in [5.74, 6) is 0.655. The Bertz CT molecular complexity index is 689. The van der Waals surface area contributed by atoms with Gasteiger partial charge in [0.05, 0.1) is 0 Å². The number of aryl methyl sites for hydroxylation is 1. The first-order valence-corrected chi connectivity index (χ1v) is 9.13. The van der Waals surface area contributed by atoms with Gasteiger partial charge in [-0.25, -0.2) is 4.39 Å². The first-order chi connectivity index (χ1) is 12.7. The lowest BCUT2D eigenvalue weighted by atomic mass is 10.1. The third kappa shape index (κ3) is 6.85. The smallest absolute Gasteiger partial charge is 0.222 e. The van der Waals surface area contributed by atoms with Crippen LogP contribution in [0, 0.1) is 5.82 Å². The van der Waals surface area contributed by atoms with Crippen molar-refractivity contribution in [2.24, 2.45) is 0 Å². The molecule has 2 aromatic rings. The Morgan fingerprint density at radius 1 is 0.963 bits per heavy atom. The van der Waals surface area contributed by atoms with Crippen LogP contribution in [0.15, 0.2) is 54.6 Å². The van der Waals surface area contributed by atoms with Crippen LogP contribution in [0.25, 0.3) is 0 Å². The van der Waals surface area contributed by atoms with Gasteiger partial charge in [0.1, 0.15) is 18.2 Å². The molecule has 0 aromatic heterocycles. The van der Waals surface area contributed by atoms with Crippen LogP contribution in [0.4, 0.5) is 4.39 Å². The van der Waals surface area contributed by atoms with E-state index in [0.29, 0.717) is 18.8 Å². The second-order valence-electron chi connectivity index (χ2n) is 6.51. The van der Waals surface area contributed by atoms with Crippen LogP contribution in [0.2, 0.25) is 0 Å². The van der Waals surface area contributed by atoms with Crippen LogP contribution in [-0.4, -0.2) is 55.0 Å². The SMILES string of the molecule is Cl.O=C(CCc1ccccc1)N1CCN(CCOc2ccc(F)cc2)CC1. The zero-order valence-electron chi connectivity index (χ0n) is 15.4. The summed E-state index contributed by atoms with van der Waals surface area (Å²) in [5, 5.41) is 0. The second kappa shape index (κ2) is 10.9. The molecule has 0 spiro atoms. The topological polar surface area (TPSA) is 32.8 Å². The number of piperazine rings is 1. The van der Waals surface area contributed by atoms with E-state index in [4.69, 9.17) is 4.74 Å². The van der Waals surface area contributed by atoms with E-state index in [1.165, 1.54) is 17.7 Å². The highest BCUT2D eigenvalue weighted by Crippen LogP contribution is 2.12. The van der Waals surface area contributed by atoms with E-state index >= 15 is 0 Å². The third-order valence-electron chi connectivity index (χ3n) is 4.69. The number of amides is 1. The highest BCUT2D eigenvalue weighted by atomic mass is 35.5. The van der Waals surface area contributed by atoms with E-state index in [2.05, 4.69) is 17.0 Å². The normalized spacial score (nSPS) is 14.5. The van der Waals surface area contributed by atoms with Crippen LogP contribution in [0.1, 0.15) is 12.0 Å². The van der Waals surface area contributed by atoms with E-state index in [1.807, 2.05) is 23.1 Å². The van der Waals surface area contributed by atoms with Crippen molar-refractivity contribution < 1.29 is 13.9 Å². The van der Waals surface area contributed by atoms with Crippen molar-refractivity contribution in [2.75, 3.05) is 39.3 Å². The highest BCUT2D eigenvalue weighted by molar-refractivity contribution is 5.85. The number of nitrogens with zero attached hydrogens (tertiary/aromatic N) is 2. The minimum Gasteiger partial charge on any atom is -0.492 e. The number of benzene rings is 2. The molecule has 6 heteroatoms. The molecule has 0 bridgehead atoms. The summed E-state index contributed by atoms with van der Waals surface area (Å²) >= 11 is 0. The summed E-state index contributed by atoms with van der Waals surface area (Å²) in [7, 11) is 0. The van der Waals surface area contributed by atoms with Crippen molar-refractivity contribution in [1.29, 1.82) is 0 Å². The van der Waals surface area contributed by atoms with Gasteiger partial charge in [0.25, 0.3) is 0 Å². The molecule has 1 saturated heterocycles. The summed E-state index contributed by atoms with van der Waals surface area (Å²) < 4.78 is 18.5. The predicted molar refractivity (Wildman–Crippen MR) is 107 cm³/mol. The lowest BCUT2D eigenvalue weighted by Gasteiger charge is -2.34. The van der Waals surface area contributed by atoms with Crippen LogP contribution in [-0.2, 0) is 11.2 Å². The zero-order valence-corrected chi connectivity index (χ0v) is 16.2. The zero-order chi connectivity index (χ0) is 18.2. The largest absolute Gasteiger partial charge is 0.492 e. The molecule has 146 valence electrons. The van der Waals surface area contributed by atoms with Gasteiger partial charge in [-0.1, -0.05) is 30.3 Å². The van der Waals surface area contributed by atoms with Gasteiger partial charge in [-0.05, 0) is 36.2 Å². The Labute approximate surface area is 166 Å². The van der Waals surface area contributed by atoms with Crippen LogP contribution < -0.4 is 4.74 Å². The summed E-state index contributed by atoms with van der Waals surface area (Å²) in [4.78, 5) is 16.6. The maximum absolute atomic E-state index is 12.9. The Balaban J connectivity index is 0.00000261. The first-order valence-electron chi connectivity index (χ1n) is 9.13. The number of hydrogen-bond donors (Lipinski definition) is 0. The minimum atomic E-state index is -0.259. The fraction of sp³-hybridized carbons (Fsp3) is 0.381. The van der Waals surface area contributed by atoms with E-state index in [9.17, 15) is 9.18 Å². The predicted octanol–water partition coefficient (Wildman–Crippen LogP) is 3.40. The molecule has 27 heavy (non-hydrogen) atoms. The van der Waals surface area contributed by atoms with Crippen molar-refractivity contribution in [3.63, 3.8) is 0 Å². The van der Waals surface area contributed by atoms with E-state index < -0.39 is 0 Å². The molecule has 1 aliphatic rings. The molecule has 1 fully saturated rings. The van der Waals surface area contributed by atoms with Crippen molar-refractivity contribution in [3.05, 3.63) is 66.0 Å². The first kappa shape index (κ1) is 21.2. The molecule has 4 nitrogen and oxygen atoms in total. The summed E-state index contributed by atoms with van der Waals surface area (Å²) in [6, 6.07) is 16.2. The molecule has 0 aliphatic carbocycles. The Morgan fingerprint density at radius 3 is 2.30 bits per heavy atom. The average molecular weight is 393 g/mol. The number of ether oxygens (including phenoxy) is 1. The van der Waals surface area contributed by atoms with Crippen molar-refractivity contribution >= 4 is 18.3 Å². The van der Waals surface area contributed by atoms with Gasteiger partial charge in [-0.3, -0.25) is 9.69 Å². The van der Waals surface area contributed by atoms with Crippen molar-refractivity contribution in [1.82, 2.24) is 9.80 Å². The number of halogens is 2. The molecule has 3 rings (SSSR count). The van der Waals surface area contributed by atoms with Crippen LogP contribution in [0.3, 0.4) is 0 Å². The van der Waals surface area contributed by atoms with Gasteiger partial charge in [0.15, 0.2) is 0 Å². The molecule has 0 N–H and O–H groups in total. The fourth-order valence-electron chi connectivity index (χ4n) is 3.10. The monoisotopic (exact) mass is 392 g/mol. The molecule has 2 aromatic carbocycles. The summed E-state index contributed by atoms with van der Waals surface area (Å²) in [6.07, 6.45) is 1.36. The highest BCUT2D eigenvalue weighted by Gasteiger charge is 2.20. The minimum absolute atomic E-state index is 0. The standard InChI is InChI=1S/C21H25FN2O2.ClH/c22-19-7-9-20(10-8-19)26-17-16-23-12-14-24(15-13-23)21(25)11-6-18-4-2-1-3-5-18;/h1-5,7-10H,6,11-17H2;1H. The van der Waals surface area contributed by atoms with Gasteiger partial charge in [0, 0.05) is 39.1 Å². The summed E-state index contributed by atoms with van der Waals surface area (Å²) in [5.41, 5.74) is 1.21. The summed E-state index contributed by atoms with van der Waals surface area (Å²) in [6.45, 7) is 4.64. The number of rotatable bonds is 7. The molecule has 1 heterocycles. The lowest BCUT2D eigenvalue weighted by Crippen LogP contribution is -2.49. The molecule has 0 unspecified atom stereocenters. The lowest BCUT2D eigenvalue weighted by molar-refractivity contribution is -0.132. The maximum atomic E-state index is 12.9. The number of hydrogen-bond acceptors (Lipinski definition) is 3. The van der Waals surface area contributed by atoms with Gasteiger partial charge >= 0.3 is 0 Å². The Morgan fingerprint density at radius 2 is 1.63 bits per heavy atom. The molecule has 1 amide bonds.